The van der Waals surface area contributed by atoms with E-state index < -0.39 is 0 Å². The van der Waals surface area contributed by atoms with Gasteiger partial charge in [0.1, 0.15) is 11.2 Å². The van der Waals surface area contributed by atoms with Crippen LogP contribution in [0.3, 0.4) is 0 Å². The minimum Gasteiger partial charge on any atom is -0.335 e. The average Bonchev–Trinajstić information content (AvgIpc) is 3.44. The zero-order valence-electron chi connectivity index (χ0n) is 23.8. The van der Waals surface area contributed by atoms with Crippen molar-refractivity contribution in [1.82, 2.24) is 0 Å². The van der Waals surface area contributed by atoms with Crippen molar-refractivity contribution >= 4 is 68.6 Å². The lowest BCUT2D eigenvalue weighted by molar-refractivity contribution is -0.665. The summed E-state index contributed by atoms with van der Waals surface area (Å²) < 4.78 is 3.73. The van der Waals surface area contributed by atoms with Crippen molar-refractivity contribution in [3.63, 3.8) is 0 Å². The largest absolute Gasteiger partial charge is 0.335 e. The molecule has 0 atom stereocenters. The van der Waals surface area contributed by atoms with E-state index >= 15 is 0 Å². The van der Waals surface area contributed by atoms with Crippen molar-refractivity contribution in [3.8, 4) is 0 Å². The van der Waals surface area contributed by atoms with Crippen LogP contribution in [-0.2, 0) is 6.54 Å². The first kappa shape index (κ1) is 29.1. The number of hydrogen-bond acceptors (Lipinski definition) is 5. The second-order valence-corrected chi connectivity index (χ2v) is 14.9. The molecular weight excluding hydrogens is 565 g/mol. The van der Waals surface area contributed by atoms with Crippen LogP contribution in [0.15, 0.2) is 116 Å². The van der Waals surface area contributed by atoms with Gasteiger partial charge in [0.25, 0.3) is 5.01 Å². The normalized spacial score (nSPS) is 18.6. The van der Waals surface area contributed by atoms with Gasteiger partial charge >= 0.3 is 0 Å². The molecule has 0 bridgehead atoms. The van der Waals surface area contributed by atoms with E-state index in [1.54, 1.807) is 23.5 Å². The van der Waals surface area contributed by atoms with E-state index in [9.17, 15) is 0 Å². The monoisotopic (exact) mass is 601 g/mol. The molecule has 1 aliphatic heterocycles. The molecule has 0 amide bonds. The molecule has 5 rings (SSSR count). The fourth-order valence-corrected chi connectivity index (χ4v) is 8.84. The van der Waals surface area contributed by atoms with E-state index in [0.717, 1.165) is 25.9 Å². The number of anilines is 1. The Balaban J connectivity index is 1.42. The number of thiazole rings is 1. The summed E-state index contributed by atoms with van der Waals surface area (Å²) in [5.74, 6) is 0. The fraction of sp³-hybridized carbons (Fsp3) is 0.265. The maximum absolute atomic E-state index is 3.88. The molecule has 0 N–H and O–H groups in total. The zero-order valence-corrected chi connectivity index (χ0v) is 27.0. The van der Waals surface area contributed by atoms with E-state index in [-0.39, 0.29) is 5.41 Å². The van der Waals surface area contributed by atoms with Crippen molar-refractivity contribution in [1.29, 1.82) is 0 Å². The van der Waals surface area contributed by atoms with Crippen LogP contribution < -0.4 is 9.47 Å². The molecule has 0 saturated heterocycles. The molecule has 1 aromatic heterocycles. The zero-order chi connectivity index (χ0) is 28.3. The van der Waals surface area contributed by atoms with Crippen LogP contribution in [0.1, 0.15) is 45.5 Å². The summed E-state index contributed by atoms with van der Waals surface area (Å²) in [5, 5.41) is 6.39. The summed E-state index contributed by atoms with van der Waals surface area (Å²) in [6.45, 7) is 18.9. The van der Waals surface area contributed by atoms with E-state index in [0.29, 0.717) is 0 Å². The van der Waals surface area contributed by atoms with Crippen molar-refractivity contribution in [2.45, 2.75) is 61.8 Å². The van der Waals surface area contributed by atoms with Gasteiger partial charge in [-0.1, -0.05) is 91.9 Å². The molecule has 0 unspecified atom stereocenters. The number of nitrogens with zero attached hydrogens (tertiary/aromatic N) is 2. The number of aryl methyl sites for hydroxylation is 1. The minimum absolute atomic E-state index is 0.224. The highest BCUT2D eigenvalue weighted by Gasteiger charge is 2.28. The number of rotatable bonds is 9. The molecule has 6 heteroatoms. The van der Waals surface area contributed by atoms with Gasteiger partial charge in [0.05, 0.1) is 10.7 Å². The van der Waals surface area contributed by atoms with Gasteiger partial charge < -0.3 is 4.90 Å². The quantitative estimate of drug-likeness (QED) is 0.178. The Bertz CT molecular complexity index is 1570. The number of fused-ring (bicyclic) bond motifs is 2. The molecule has 0 saturated carbocycles. The van der Waals surface area contributed by atoms with Gasteiger partial charge in [0.15, 0.2) is 0 Å². The molecule has 1 aliphatic carbocycles. The number of hydrogen-bond donors (Lipinski definition) is 0. The van der Waals surface area contributed by atoms with Crippen LogP contribution in [0.2, 0.25) is 0 Å². The Morgan fingerprint density at radius 2 is 1.77 bits per heavy atom. The Labute approximate surface area is 256 Å². The van der Waals surface area contributed by atoms with Crippen LogP contribution in [0.4, 0.5) is 5.69 Å². The van der Waals surface area contributed by atoms with Crippen molar-refractivity contribution in [2.24, 2.45) is 5.41 Å². The summed E-state index contributed by atoms with van der Waals surface area (Å²) in [5.41, 5.74) is 5.62. The van der Waals surface area contributed by atoms with Crippen LogP contribution in [-0.4, -0.2) is 6.54 Å². The topological polar surface area (TPSA) is 7.12 Å². The highest BCUT2D eigenvalue weighted by atomic mass is 32.2. The second kappa shape index (κ2) is 12.6. The molecule has 0 fully saturated rings. The number of thioether (sulfide) groups is 3. The van der Waals surface area contributed by atoms with Gasteiger partial charge in [0.2, 0.25) is 5.52 Å². The Hall–Kier alpha value is -2.38. The van der Waals surface area contributed by atoms with Crippen molar-refractivity contribution in [2.75, 3.05) is 11.4 Å². The predicted molar refractivity (Wildman–Crippen MR) is 181 cm³/mol. The highest BCUT2D eigenvalue weighted by Crippen LogP contribution is 2.48. The van der Waals surface area contributed by atoms with Crippen LogP contribution >= 0.6 is 46.6 Å². The minimum atomic E-state index is 0.224. The molecule has 40 heavy (non-hydrogen) atoms. The van der Waals surface area contributed by atoms with E-state index in [1.807, 2.05) is 33.9 Å². The number of aromatic nitrogens is 1. The SMILES string of the molecule is C=CSc1ccc2c(c1)N(CC)C(=CC1=CC(=CC=Cc3sc4ccc(SC=C)cc4[n+]3CC)CC(C)(C)C1)S2. The van der Waals surface area contributed by atoms with Gasteiger partial charge in [-0.25, -0.2) is 0 Å². The third kappa shape index (κ3) is 6.41. The molecule has 3 aromatic rings. The summed E-state index contributed by atoms with van der Waals surface area (Å²) in [4.78, 5) is 6.25. The van der Waals surface area contributed by atoms with Crippen molar-refractivity contribution < 1.29 is 4.57 Å². The Morgan fingerprint density at radius 1 is 1.02 bits per heavy atom. The lowest BCUT2D eigenvalue weighted by Crippen LogP contribution is -2.33. The van der Waals surface area contributed by atoms with Crippen LogP contribution in [0.5, 0.6) is 0 Å². The molecule has 2 heterocycles. The Morgan fingerprint density at radius 3 is 2.50 bits per heavy atom. The maximum atomic E-state index is 3.88. The molecule has 2 aromatic carbocycles. The average molecular weight is 602 g/mol. The summed E-state index contributed by atoms with van der Waals surface area (Å²) in [6.07, 6.45) is 13.8. The standard InChI is InChI=1S/C34H37N2S4/c1-7-35-28-20-26(37-9-3)14-16-30(28)39-32(35)13-11-12-24-18-25(23-34(5,6)22-24)19-33-36(8-2)29-21-27(38-10-4)15-17-31(29)40-33/h9-21H,3-4,7-8,22-23H2,1-2,5-6H3/q+1. The van der Waals surface area contributed by atoms with Gasteiger partial charge in [0, 0.05) is 33.4 Å². The van der Waals surface area contributed by atoms with Crippen molar-refractivity contribution in [3.05, 3.63) is 106 Å². The number of allylic oxidation sites excluding steroid dienone is 6. The van der Waals surface area contributed by atoms with E-state index in [1.165, 1.54) is 51.8 Å². The lowest BCUT2D eigenvalue weighted by Gasteiger charge is -2.31. The summed E-state index contributed by atoms with van der Waals surface area (Å²) in [7, 11) is 0. The highest BCUT2D eigenvalue weighted by molar-refractivity contribution is 8.04. The third-order valence-electron chi connectivity index (χ3n) is 7.07. The van der Waals surface area contributed by atoms with Gasteiger partial charge in [-0.2, -0.15) is 4.57 Å². The van der Waals surface area contributed by atoms with Gasteiger partial charge in [-0.3, -0.25) is 0 Å². The number of benzene rings is 2. The van der Waals surface area contributed by atoms with Gasteiger partial charge in [-0.15, -0.1) is 0 Å². The molecule has 2 aliphatic rings. The molecular formula is C34H37N2S4+. The Kier molecular flexibility index (Phi) is 9.21. The van der Waals surface area contributed by atoms with Gasteiger partial charge in [-0.05, 0) is 90.5 Å². The van der Waals surface area contributed by atoms with Crippen LogP contribution in [0.25, 0.3) is 16.3 Å². The second-order valence-electron chi connectivity index (χ2n) is 10.7. The fourth-order valence-electron chi connectivity index (χ4n) is 5.50. The van der Waals surface area contributed by atoms with E-state index in [2.05, 4.69) is 117 Å². The van der Waals surface area contributed by atoms with Crippen LogP contribution in [0, 0.1) is 5.41 Å². The first-order valence-corrected chi connectivity index (χ1v) is 17.1. The third-order valence-corrected chi connectivity index (χ3v) is 10.7. The molecule has 0 spiro atoms. The summed E-state index contributed by atoms with van der Waals surface area (Å²) in [6, 6.07) is 13.4. The molecule has 206 valence electrons. The smallest absolute Gasteiger partial charge is 0.262 e. The predicted octanol–water partition coefficient (Wildman–Crippen LogP) is 10.8. The van der Waals surface area contributed by atoms with E-state index in [4.69, 9.17) is 0 Å². The first-order valence-electron chi connectivity index (χ1n) is 13.7. The first-order chi connectivity index (χ1) is 19.3. The molecule has 2 nitrogen and oxygen atoms in total. The molecule has 0 radical (unpaired) electrons. The summed E-state index contributed by atoms with van der Waals surface area (Å²) >= 11 is 7.10. The maximum Gasteiger partial charge on any atom is 0.262 e. The lowest BCUT2D eigenvalue weighted by atomic mass is 9.75.